The first kappa shape index (κ1) is 12.9. The van der Waals surface area contributed by atoms with Crippen LogP contribution in [0.3, 0.4) is 0 Å². The summed E-state index contributed by atoms with van der Waals surface area (Å²) in [6.45, 7) is 2.02. The Hall–Kier alpha value is -0.570. The second-order valence-corrected chi connectivity index (χ2v) is 5.52. The average molecular weight is 253 g/mol. The molecular weight excluding hydrogens is 232 g/mol. The van der Waals surface area contributed by atoms with Gasteiger partial charge < -0.3 is 0 Å². The van der Waals surface area contributed by atoms with E-state index in [2.05, 4.69) is 17.6 Å². The average Bonchev–Trinajstić information content (AvgIpc) is 2.82. The van der Waals surface area contributed by atoms with Gasteiger partial charge >= 0.3 is 0 Å². The SMILES string of the molecule is Cc1ccc(C(CC2CCCC2)NN)cc1Cl. The van der Waals surface area contributed by atoms with Crippen LogP contribution in [0, 0.1) is 12.8 Å². The first-order chi connectivity index (χ1) is 8.20. The molecule has 0 saturated heterocycles. The predicted molar refractivity (Wildman–Crippen MR) is 72.8 cm³/mol. The van der Waals surface area contributed by atoms with Crippen LogP contribution in [0.5, 0.6) is 0 Å². The summed E-state index contributed by atoms with van der Waals surface area (Å²) in [6, 6.07) is 6.46. The molecule has 3 N–H and O–H groups in total. The van der Waals surface area contributed by atoms with Gasteiger partial charge in [0.15, 0.2) is 0 Å². The van der Waals surface area contributed by atoms with Gasteiger partial charge in [-0.15, -0.1) is 0 Å². The Labute approximate surface area is 109 Å². The Balaban J connectivity index is 2.08. The fraction of sp³-hybridized carbons (Fsp3) is 0.571. The van der Waals surface area contributed by atoms with Gasteiger partial charge in [0.05, 0.1) is 0 Å². The minimum Gasteiger partial charge on any atom is -0.271 e. The van der Waals surface area contributed by atoms with Gasteiger partial charge in [-0.25, -0.2) is 0 Å². The van der Waals surface area contributed by atoms with Gasteiger partial charge in [-0.1, -0.05) is 49.4 Å². The predicted octanol–water partition coefficient (Wildman–Crippen LogP) is 3.73. The lowest BCUT2D eigenvalue weighted by atomic mass is 9.93. The van der Waals surface area contributed by atoms with Gasteiger partial charge in [0.1, 0.15) is 0 Å². The molecule has 1 aromatic rings. The van der Waals surface area contributed by atoms with Crippen molar-refractivity contribution < 1.29 is 0 Å². The van der Waals surface area contributed by atoms with Crippen molar-refractivity contribution in [2.75, 3.05) is 0 Å². The first-order valence-corrected chi connectivity index (χ1v) is 6.80. The smallest absolute Gasteiger partial charge is 0.0463 e. The Morgan fingerprint density at radius 3 is 2.71 bits per heavy atom. The summed E-state index contributed by atoms with van der Waals surface area (Å²) >= 11 is 6.16. The molecule has 1 aromatic carbocycles. The Kier molecular flexibility index (Phi) is 4.43. The second kappa shape index (κ2) is 5.85. The van der Waals surface area contributed by atoms with Crippen molar-refractivity contribution in [1.29, 1.82) is 0 Å². The number of hydrogen-bond donors (Lipinski definition) is 2. The fourth-order valence-corrected chi connectivity index (χ4v) is 2.89. The third kappa shape index (κ3) is 3.21. The van der Waals surface area contributed by atoms with Crippen LogP contribution >= 0.6 is 11.6 Å². The highest BCUT2D eigenvalue weighted by atomic mass is 35.5. The van der Waals surface area contributed by atoms with Crippen LogP contribution < -0.4 is 11.3 Å². The van der Waals surface area contributed by atoms with Crippen molar-refractivity contribution in [3.8, 4) is 0 Å². The van der Waals surface area contributed by atoms with Gasteiger partial charge in [-0.3, -0.25) is 11.3 Å². The molecule has 0 heterocycles. The third-order valence-electron chi connectivity index (χ3n) is 3.84. The van der Waals surface area contributed by atoms with E-state index >= 15 is 0 Å². The van der Waals surface area contributed by atoms with Crippen LogP contribution in [0.4, 0.5) is 0 Å². The number of benzene rings is 1. The highest BCUT2D eigenvalue weighted by Gasteiger charge is 2.20. The Morgan fingerprint density at radius 2 is 2.12 bits per heavy atom. The second-order valence-electron chi connectivity index (χ2n) is 5.11. The molecule has 17 heavy (non-hydrogen) atoms. The zero-order chi connectivity index (χ0) is 12.3. The lowest BCUT2D eigenvalue weighted by Crippen LogP contribution is -2.29. The third-order valence-corrected chi connectivity index (χ3v) is 4.25. The molecule has 1 unspecified atom stereocenters. The maximum atomic E-state index is 6.16. The number of hydrazine groups is 1. The summed E-state index contributed by atoms with van der Waals surface area (Å²) in [5.41, 5.74) is 5.25. The van der Waals surface area contributed by atoms with Crippen LogP contribution in [-0.4, -0.2) is 0 Å². The van der Waals surface area contributed by atoms with E-state index in [0.29, 0.717) is 0 Å². The normalized spacial score (nSPS) is 18.5. The molecule has 0 bridgehead atoms. The molecule has 2 rings (SSSR count). The zero-order valence-corrected chi connectivity index (χ0v) is 11.1. The highest BCUT2D eigenvalue weighted by Crippen LogP contribution is 2.33. The van der Waals surface area contributed by atoms with E-state index in [9.17, 15) is 0 Å². The van der Waals surface area contributed by atoms with E-state index in [1.165, 1.54) is 31.2 Å². The van der Waals surface area contributed by atoms with E-state index in [4.69, 9.17) is 17.4 Å². The van der Waals surface area contributed by atoms with Gasteiger partial charge in [0, 0.05) is 11.1 Å². The van der Waals surface area contributed by atoms with Crippen molar-refractivity contribution in [2.24, 2.45) is 11.8 Å². The van der Waals surface area contributed by atoms with Crippen LogP contribution in [0.25, 0.3) is 0 Å². The fourth-order valence-electron chi connectivity index (χ4n) is 2.71. The molecule has 0 aromatic heterocycles. The van der Waals surface area contributed by atoms with E-state index in [0.717, 1.165) is 22.9 Å². The molecule has 2 nitrogen and oxygen atoms in total. The van der Waals surface area contributed by atoms with Gasteiger partial charge in [-0.05, 0) is 36.5 Å². The molecule has 1 aliphatic rings. The standard InChI is InChI=1S/C14H21ClN2/c1-10-6-7-12(9-13(10)15)14(17-16)8-11-4-2-3-5-11/h6-7,9,11,14,17H,2-5,8,16H2,1H3. The molecule has 0 radical (unpaired) electrons. The molecule has 1 fully saturated rings. The lowest BCUT2D eigenvalue weighted by molar-refractivity contribution is 0.400. The molecule has 3 heteroatoms. The highest BCUT2D eigenvalue weighted by molar-refractivity contribution is 6.31. The zero-order valence-electron chi connectivity index (χ0n) is 10.4. The Morgan fingerprint density at radius 1 is 1.41 bits per heavy atom. The topological polar surface area (TPSA) is 38.0 Å². The maximum absolute atomic E-state index is 6.16. The minimum absolute atomic E-state index is 0.233. The van der Waals surface area contributed by atoms with Gasteiger partial charge in [-0.2, -0.15) is 0 Å². The number of hydrogen-bond acceptors (Lipinski definition) is 2. The summed E-state index contributed by atoms with van der Waals surface area (Å²) in [7, 11) is 0. The summed E-state index contributed by atoms with van der Waals surface area (Å²) in [4.78, 5) is 0. The number of nitrogens with two attached hydrogens (primary N) is 1. The molecule has 0 amide bonds. The number of rotatable bonds is 4. The van der Waals surface area contributed by atoms with Crippen LogP contribution in [0.15, 0.2) is 18.2 Å². The molecular formula is C14H21ClN2. The Bertz CT molecular complexity index is 372. The van der Waals surface area contributed by atoms with Crippen molar-refractivity contribution in [2.45, 2.75) is 45.1 Å². The quantitative estimate of drug-likeness (QED) is 0.633. The van der Waals surface area contributed by atoms with E-state index in [1.54, 1.807) is 0 Å². The van der Waals surface area contributed by atoms with Crippen molar-refractivity contribution in [1.82, 2.24) is 5.43 Å². The maximum Gasteiger partial charge on any atom is 0.0463 e. The van der Waals surface area contributed by atoms with Crippen LogP contribution in [-0.2, 0) is 0 Å². The van der Waals surface area contributed by atoms with Gasteiger partial charge in [0.2, 0.25) is 0 Å². The van der Waals surface area contributed by atoms with E-state index in [1.807, 2.05) is 13.0 Å². The van der Waals surface area contributed by atoms with E-state index in [-0.39, 0.29) is 6.04 Å². The molecule has 0 aliphatic heterocycles. The number of aryl methyl sites for hydroxylation is 1. The minimum atomic E-state index is 0.233. The summed E-state index contributed by atoms with van der Waals surface area (Å²) in [5, 5.41) is 0.828. The molecule has 1 saturated carbocycles. The van der Waals surface area contributed by atoms with Gasteiger partial charge in [0.25, 0.3) is 0 Å². The lowest BCUT2D eigenvalue weighted by Gasteiger charge is -2.20. The van der Waals surface area contributed by atoms with Crippen molar-refractivity contribution in [3.05, 3.63) is 34.3 Å². The summed E-state index contributed by atoms with van der Waals surface area (Å²) in [5.74, 6) is 6.49. The first-order valence-electron chi connectivity index (χ1n) is 6.43. The molecule has 1 atom stereocenters. The van der Waals surface area contributed by atoms with Crippen LogP contribution in [0.1, 0.15) is 49.3 Å². The number of halogens is 1. The van der Waals surface area contributed by atoms with E-state index < -0.39 is 0 Å². The monoisotopic (exact) mass is 252 g/mol. The van der Waals surface area contributed by atoms with Crippen molar-refractivity contribution in [3.63, 3.8) is 0 Å². The summed E-state index contributed by atoms with van der Waals surface area (Å²) < 4.78 is 0. The largest absolute Gasteiger partial charge is 0.271 e. The summed E-state index contributed by atoms with van der Waals surface area (Å²) in [6.07, 6.45) is 6.55. The number of nitrogens with one attached hydrogen (secondary N) is 1. The molecule has 0 spiro atoms. The molecule has 1 aliphatic carbocycles. The van der Waals surface area contributed by atoms with Crippen LogP contribution in [0.2, 0.25) is 5.02 Å². The molecule has 94 valence electrons. The van der Waals surface area contributed by atoms with Crippen molar-refractivity contribution >= 4 is 11.6 Å².